The molecule has 0 radical (unpaired) electrons. The first-order valence-corrected chi connectivity index (χ1v) is 8.96. The number of hydrogen-bond donors (Lipinski definition) is 2. The molecule has 0 aromatic heterocycles. The highest BCUT2D eigenvalue weighted by Gasteiger charge is 2.34. The van der Waals surface area contributed by atoms with Crippen LogP contribution in [0.1, 0.15) is 17.5 Å². The van der Waals surface area contributed by atoms with Crippen molar-refractivity contribution in [1.29, 1.82) is 0 Å². The minimum atomic E-state index is -0.967. The van der Waals surface area contributed by atoms with Gasteiger partial charge in [0.15, 0.2) is 6.61 Å². The molecular formula is C21H22N2O5. The lowest BCUT2D eigenvalue weighted by atomic mass is 10.1. The molecule has 1 heterocycles. The Hall–Kier alpha value is -3.35. The van der Waals surface area contributed by atoms with Gasteiger partial charge in [-0.15, -0.1) is 0 Å². The molecule has 7 heteroatoms. The number of carboxylic acid groups (broad SMARTS) is 1. The quantitative estimate of drug-likeness (QED) is 0.801. The van der Waals surface area contributed by atoms with Crippen LogP contribution in [0.5, 0.6) is 5.75 Å². The van der Waals surface area contributed by atoms with E-state index in [-0.39, 0.29) is 31.4 Å². The van der Waals surface area contributed by atoms with Gasteiger partial charge in [-0.2, -0.15) is 0 Å². The standard InChI is InChI=1S/C21H22N2O5/c1-13-3-8-18(14(2)9-13)22-19(24)12-28-17-6-4-16(5-7-17)23-11-15(21(26)27)10-20(23)25/h3-9,15H,10-12H2,1-2H3,(H,22,24)(H,26,27)/t15-/m0/s1. The van der Waals surface area contributed by atoms with Crippen LogP contribution < -0.4 is 15.0 Å². The number of aliphatic carboxylic acids is 1. The van der Waals surface area contributed by atoms with Gasteiger partial charge in [-0.3, -0.25) is 14.4 Å². The van der Waals surface area contributed by atoms with E-state index in [1.165, 1.54) is 4.90 Å². The Morgan fingerprint density at radius 3 is 2.50 bits per heavy atom. The molecule has 0 saturated carbocycles. The molecule has 0 aliphatic carbocycles. The number of hydrogen-bond acceptors (Lipinski definition) is 4. The first-order valence-electron chi connectivity index (χ1n) is 8.96. The first-order chi connectivity index (χ1) is 13.3. The molecule has 1 aliphatic rings. The number of carbonyl (C=O) groups is 3. The van der Waals surface area contributed by atoms with Gasteiger partial charge in [0.2, 0.25) is 5.91 Å². The largest absolute Gasteiger partial charge is 0.484 e. The van der Waals surface area contributed by atoms with E-state index >= 15 is 0 Å². The number of carboxylic acids is 1. The van der Waals surface area contributed by atoms with Gasteiger partial charge in [-0.25, -0.2) is 0 Å². The van der Waals surface area contributed by atoms with Crippen molar-refractivity contribution in [3.63, 3.8) is 0 Å². The fourth-order valence-corrected chi connectivity index (χ4v) is 3.13. The van der Waals surface area contributed by atoms with Crippen molar-refractivity contribution in [3.8, 4) is 5.75 Å². The van der Waals surface area contributed by atoms with E-state index in [1.807, 2.05) is 32.0 Å². The maximum Gasteiger partial charge on any atom is 0.308 e. The number of benzene rings is 2. The molecule has 0 bridgehead atoms. The summed E-state index contributed by atoms with van der Waals surface area (Å²) in [6.45, 7) is 3.93. The van der Waals surface area contributed by atoms with Gasteiger partial charge in [0.1, 0.15) is 5.75 Å². The van der Waals surface area contributed by atoms with E-state index in [9.17, 15) is 14.4 Å². The third-order valence-electron chi connectivity index (χ3n) is 4.65. The lowest BCUT2D eigenvalue weighted by Crippen LogP contribution is -2.25. The molecule has 28 heavy (non-hydrogen) atoms. The molecule has 2 N–H and O–H groups in total. The number of amides is 2. The summed E-state index contributed by atoms with van der Waals surface area (Å²) < 4.78 is 5.50. The van der Waals surface area contributed by atoms with Crippen molar-refractivity contribution in [2.45, 2.75) is 20.3 Å². The van der Waals surface area contributed by atoms with Crippen LogP contribution in [0, 0.1) is 19.8 Å². The summed E-state index contributed by atoms with van der Waals surface area (Å²) in [7, 11) is 0. The molecule has 0 unspecified atom stereocenters. The van der Waals surface area contributed by atoms with E-state index in [2.05, 4.69) is 5.32 Å². The van der Waals surface area contributed by atoms with Crippen LogP contribution in [-0.4, -0.2) is 36.0 Å². The number of carbonyl (C=O) groups excluding carboxylic acids is 2. The van der Waals surface area contributed by atoms with Crippen LogP contribution >= 0.6 is 0 Å². The highest BCUT2D eigenvalue weighted by Crippen LogP contribution is 2.27. The average molecular weight is 382 g/mol. The third-order valence-corrected chi connectivity index (χ3v) is 4.65. The zero-order chi connectivity index (χ0) is 20.3. The van der Waals surface area contributed by atoms with Crippen LogP contribution in [-0.2, 0) is 14.4 Å². The minimum Gasteiger partial charge on any atom is -0.484 e. The van der Waals surface area contributed by atoms with E-state index in [4.69, 9.17) is 9.84 Å². The summed E-state index contributed by atoms with van der Waals surface area (Å²) in [5.41, 5.74) is 3.46. The first kappa shape index (κ1) is 19.4. The van der Waals surface area contributed by atoms with Crippen molar-refractivity contribution in [1.82, 2.24) is 0 Å². The van der Waals surface area contributed by atoms with E-state index < -0.39 is 11.9 Å². The second-order valence-corrected chi connectivity index (χ2v) is 6.89. The number of aryl methyl sites for hydroxylation is 2. The number of nitrogens with one attached hydrogen (secondary N) is 1. The van der Waals surface area contributed by atoms with Crippen LogP contribution in [0.15, 0.2) is 42.5 Å². The predicted molar refractivity (Wildman–Crippen MR) is 105 cm³/mol. The Balaban J connectivity index is 1.55. The van der Waals surface area contributed by atoms with Crippen molar-refractivity contribution < 1.29 is 24.2 Å². The Labute approximate surface area is 162 Å². The van der Waals surface area contributed by atoms with Gasteiger partial charge in [0.05, 0.1) is 5.92 Å². The molecular weight excluding hydrogens is 360 g/mol. The van der Waals surface area contributed by atoms with Crippen LogP contribution in [0.3, 0.4) is 0 Å². The number of rotatable bonds is 6. The molecule has 3 rings (SSSR count). The number of ether oxygens (including phenoxy) is 1. The van der Waals surface area contributed by atoms with Gasteiger partial charge in [-0.1, -0.05) is 17.7 Å². The zero-order valence-electron chi connectivity index (χ0n) is 15.8. The summed E-state index contributed by atoms with van der Waals surface area (Å²) in [5, 5.41) is 11.9. The summed E-state index contributed by atoms with van der Waals surface area (Å²) in [5.74, 6) is -1.65. The fraction of sp³-hybridized carbons (Fsp3) is 0.286. The Kier molecular flexibility index (Phi) is 5.63. The monoisotopic (exact) mass is 382 g/mol. The molecule has 1 saturated heterocycles. The second kappa shape index (κ2) is 8.12. The molecule has 2 aromatic carbocycles. The smallest absolute Gasteiger partial charge is 0.308 e. The molecule has 2 amide bonds. The molecule has 1 aliphatic heterocycles. The lowest BCUT2D eigenvalue weighted by molar-refractivity contribution is -0.141. The van der Waals surface area contributed by atoms with Crippen molar-refractivity contribution >= 4 is 29.2 Å². The van der Waals surface area contributed by atoms with E-state index in [0.29, 0.717) is 11.4 Å². The molecule has 1 atom stereocenters. The molecule has 0 spiro atoms. The lowest BCUT2D eigenvalue weighted by Gasteiger charge is -2.16. The number of anilines is 2. The van der Waals surface area contributed by atoms with Crippen molar-refractivity contribution in [2.75, 3.05) is 23.4 Å². The summed E-state index contributed by atoms with van der Waals surface area (Å²) in [6, 6.07) is 12.4. The van der Waals surface area contributed by atoms with Gasteiger partial charge in [0.25, 0.3) is 5.91 Å². The SMILES string of the molecule is Cc1ccc(NC(=O)COc2ccc(N3C[C@@H](C(=O)O)CC3=O)cc2)c(C)c1. The summed E-state index contributed by atoms with van der Waals surface area (Å²) in [6.07, 6.45) is 0.00613. The Morgan fingerprint density at radius 1 is 1.18 bits per heavy atom. The minimum absolute atomic E-state index is 0.00613. The molecule has 1 fully saturated rings. The van der Waals surface area contributed by atoms with Crippen molar-refractivity contribution in [3.05, 3.63) is 53.6 Å². The fourth-order valence-electron chi connectivity index (χ4n) is 3.13. The topological polar surface area (TPSA) is 95.9 Å². The maximum absolute atomic E-state index is 12.1. The van der Waals surface area contributed by atoms with E-state index in [0.717, 1.165) is 16.8 Å². The molecule has 2 aromatic rings. The Morgan fingerprint density at radius 2 is 1.89 bits per heavy atom. The van der Waals surface area contributed by atoms with Gasteiger partial charge >= 0.3 is 5.97 Å². The zero-order valence-corrected chi connectivity index (χ0v) is 15.8. The predicted octanol–water partition coefficient (Wildman–Crippen LogP) is 2.76. The highest BCUT2D eigenvalue weighted by atomic mass is 16.5. The van der Waals surface area contributed by atoms with Crippen molar-refractivity contribution in [2.24, 2.45) is 5.92 Å². The molecule has 146 valence electrons. The maximum atomic E-state index is 12.1. The van der Waals surface area contributed by atoms with Crippen LogP contribution in [0.4, 0.5) is 11.4 Å². The van der Waals surface area contributed by atoms with Gasteiger partial charge < -0.3 is 20.1 Å². The highest BCUT2D eigenvalue weighted by molar-refractivity contribution is 5.99. The van der Waals surface area contributed by atoms with Gasteiger partial charge in [0, 0.05) is 24.3 Å². The Bertz CT molecular complexity index is 908. The van der Waals surface area contributed by atoms with Gasteiger partial charge in [-0.05, 0) is 49.7 Å². The van der Waals surface area contributed by atoms with Crippen LogP contribution in [0.25, 0.3) is 0 Å². The normalized spacial score (nSPS) is 16.1. The summed E-state index contributed by atoms with van der Waals surface area (Å²) in [4.78, 5) is 36.6. The average Bonchev–Trinajstić information content (AvgIpc) is 3.05. The van der Waals surface area contributed by atoms with E-state index in [1.54, 1.807) is 24.3 Å². The molecule has 7 nitrogen and oxygen atoms in total. The summed E-state index contributed by atoms with van der Waals surface area (Å²) >= 11 is 0. The van der Waals surface area contributed by atoms with Crippen LogP contribution in [0.2, 0.25) is 0 Å². The number of nitrogens with zero attached hydrogens (tertiary/aromatic N) is 1. The third kappa shape index (κ3) is 4.49. The second-order valence-electron chi connectivity index (χ2n) is 6.89.